The second-order valence-electron chi connectivity index (χ2n) is 8.48. The Morgan fingerprint density at radius 2 is 1.91 bits per heavy atom. The minimum atomic E-state index is -0.508. The van der Waals surface area contributed by atoms with Crippen molar-refractivity contribution in [2.75, 3.05) is 19.0 Å². The molecule has 2 aliphatic heterocycles. The van der Waals surface area contributed by atoms with Crippen LogP contribution >= 0.6 is 0 Å². The van der Waals surface area contributed by atoms with Gasteiger partial charge >= 0.3 is 5.63 Å². The van der Waals surface area contributed by atoms with E-state index in [2.05, 4.69) is 5.32 Å². The lowest BCUT2D eigenvalue weighted by Gasteiger charge is -2.44. The Kier molecular flexibility index (Phi) is 4.55. The Labute approximate surface area is 193 Å². The van der Waals surface area contributed by atoms with Gasteiger partial charge in [0.05, 0.1) is 24.7 Å². The summed E-state index contributed by atoms with van der Waals surface area (Å²) in [5, 5.41) is 15.5. The topological polar surface area (TPSA) is 104 Å². The van der Waals surface area contributed by atoms with Crippen molar-refractivity contribution in [3.63, 3.8) is 0 Å². The van der Waals surface area contributed by atoms with Gasteiger partial charge in [0.15, 0.2) is 11.5 Å². The highest BCUT2D eigenvalue weighted by Gasteiger charge is 2.45. The average molecular weight is 456 g/mol. The van der Waals surface area contributed by atoms with Crippen LogP contribution in [-0.2, 0) is 0 Å². The molecule has 4 aromatic rings. The number of benzene rings is 3. The SMILES string of the molecule is COc1cccc2c1OC[C@H]1[C@H](c3ccccc3)c3c(c(=O)oc4ccc([N+](=O)[O-])cc34)N[C@H]21. The van der Waals surface area contributed by atoms with Gasteiger partial charge in [0, 0.05) is 40.5 Å². The highest BCUT2D eigenvalue weighted by atomic mass is 16.6. The van der Waals surface area contributed by atoms with Crippen LogP contribution < -0.4 is 20.4 Å². The molecule has 0 unspecified atom stereocenters. The van der Waals surface area contributed by atoms with Crippen LogP contribution in [0, 0.1) is 16.0 Å². The van der Waals surface area contributed by atoms with Gasteiger partial charge in [0.25, 0.3) is 5.69 Å². The molecule has 0 saturated carbocycles. The molecular weight excluding hydrogens is 436 g/mol. The number of para-hydroxylation sites is 1. The lowest BCUT2D eigenvalue weighted by atomic mass is 9.71. The van der Waals surface area contributed by atoms with Crippen molar-refractivity contribution in [3.05, 3.63) is 104 Å². The number of methoxy groups -OCH3 is 1. The van der Waals surface area contributed by atoms with Gasteiger partial charge in [-0.1, -0.05) is 42.5 Å². The summed E-state index contributed by atoms with van der Waals surface area (Å²) < 4.78 is 17.3. The van der Waals surface area contributed by atoms with Crippen LogP contribution in [0.3, 0.4) is 0 Å². The lowest BCUT2D eigenvalue weighted by molar-refractivity contribution is -0.384. The number of hydrogen-bond acceptors (Lipinski definition) is 7. The average Bonchev–Trinajstić information content (AvgIpc) is 2.87. The van der Waals surface area contributed by atoms with Gasteiger partial charge < -0.3 is 19.2 Å². The second-order valence-corrected chi connectivity index (χ2v) is 8.48. The molecule has 0 saturated heterocycles. The molecule has 3 aromatic carbocycles. The third kappa shape index (κ3) is 2.95. The molecule has 0 bridgehead atoms. The van der Waals surface area contributed by atoms with Gasteiger partial charge in [-0.05, 0) is 17.7 Å². The van der Waals surface area contributed by atoms with Gasteiger partial charge in [0.2, 0.25) is 0 Å². The number of anilines is 1. The number of non-ortho nitro benzene ring substituents is 1. The minimum absolute atomic E-state index is 0.0625. The number of rotatable bonds is 3. The molecule has 0 amide bonds. The first-order chi connectivity index (χ1) is 16.6. The highest BCUT2D eigenvalue weighted by molar-refractivity contribution is 5.89. The number of nitro benzene ring substituents is 1. The molecule has 8 nitrogen and oxygen atoms in total. The van der Waals surface area contributed by atoms with E-state index >= 15 is 0 Å². The molecule has 1 aromatic heterocycles. The normalized spacial score (nSPS) is 20.3. The first-order valence-electron chi connectivity index (χ1n) is 10.9. The summed E-state index contributed by atoms with van der Waals surface area (Å²) in [4.78, 5) is 24.2. The van der Waals surface area contributed by atoms with Crippen molar-refractivity contribution in [2.45, 2.75) is 12.0 Å². The fraction of sp³-hybridized carbons (Fsp3) is 0.192. The van der Waals surface area contributed by atoms with Gasteiger partial charge in [-0.15, -0.1) is 0 Å². The van der Waals surface area contributed by atoms with Crippen LogP contribution in [0.2, 0.25) is 0 Å². The maximum absolute atomic E-state index is 13.2. The van der Waals surface area contributed by atoms with Crippen molar-refractivity contribution < 1.29 is 18.8 Å². The molecule has 0 radical (unpaired) electrons. The van der Waals surface area contributed by atoms with Crippen molar-refractivity contribution in [2.24, 2.45) is 5.92 Å². The molecule has 34 heavy (non-hydrogen) atoms. The number of hydrogen-bond donors (Lipinski definition) is 1. The summed E-state index contributed by atoms with van der Waals surface area (Å²) in [6, 6.07) is 19.6. The Bertz CT molecular complexity index is 1500. The third-order valence-electron chi connectivity index (χ3n) is 6.75. The zero-order chi connectivity index (χ0) is 23.4. The summed E-state index contributed by atoms with van der Waals surface area (Å²) in [6.07, 6.45) is 0. The molecule has 0 spiro atoms. The largest absolute Gasteiger partial charge is 0.493 e. The highest BCUT2D eigenvalue weighted by Crippen LogP contribution is 2.54. The van der Waals surface area contributed by atoms with E-state index in [0.29, 0.717) is 40.3 Å². The van der Waals surface area contributed by atoms with E-state index in [1.165, 1.54) is 18.2 Å². The van der Waals surface area contributed by atoms with E-state index in [4.69, 9.17) is 13.9 Å². The van der Waals surface area contributed by atoms with Crippen LogP contribution in [0.5, 0.6) is 11.5 Å². The predicted molar refractivity (Wildman–Crippen MR) is 126 cm³/mol. The van der Waals surface area contributed by atoms with Gasteiger partial charge in [0.1, 0.15) is 11.3 Å². The van der Waals surface area contributed by atoms with Crippen LogP contribution in [0.1, 0.15) is 28.7 Å². The van der Waals surface area contributed by atoms with E-state index in [-0.39, 0.29) is 23.6 Å². The fourth-order valence-electron chi connectivity index (χ4n) is 5.30. The van der Waals surface area contributed by atoms with Crippen LogP contribution in [0.4, 0.5) is 11.4 Å². The first kappa shape index (κ1) is 20.3. The van der Waals surface area contributed by atoms with Crippen LogP contribution in [-0.4, -0.2) is 18.6 Å². The third-order valence-corrected chi connectivity index (χ3v) is 6.75. The summed E-state index contributed by atoms with van der Waals surface area (Å²) >= 11 is 0. The number of nitrogens with one attached hydrogen (secondary N) is 1. The molecule has 0 aliphatic carbocycles. The Hall–Kier alpha value is -4.33. The molecule has 170 valence electrons. The number of nitrogens with zero attached hydrogens (tertiary/aromatic N) is 1. The number of fused-ring (bicyclic) bond motifs is 6. The molecule has 1 N–H and O–H groups in total. The maximum Gasteiger partial charge on any atom is 0.360 e. The molecule has 8 heteroatoms. The van der Waals surface area contributed by atoms with E-state index in [1.807, 2.05) is 48.5 Å². The monoisotopic (exact) mass is 456 g/mol. The zero-order valence-corrected chi connectivity index (χ0v) is 18.2. The summed E-state index contributed by atoms with van der Waals surface area (Å²) in [5.41, 5.74) is 2.64. The minimum Gasteiger partial charge on any atom is -0.493 e. The van der Waals surface area contributed by atoms with E-state index in [0.717, 1.165) is 11.1 Å². The lowest BCUT2D eigenvalue weighted by Crippen LogP contribution is -2.40. The van der Waals surface area contributed by atoms with Gasteiger partial charge in [-0.3, -0.25) is 10.1 Å². The Morgan fingerprint density at radius 1 is 1.09 bits per heavy atom. The van der Waals surface area contributed by atoms with Crippen molar-refractivity contribution >= 4 is 22.3 Å². The standard InChI is InChI=1S/C26H20N2O6/c1-32-20-9-5-8-16-23-18(13-33-25(16)20)21(14-6-3-2-4-7-14)22-17-12-15(28(30)31)10-11-19(17)34-26(29)24(22)27-23/h2-12,18,21,23,27H,13H2,1H3/t18-,21-,23+/m0/s1. The molecule has 0 fully saturated rings. The number of nitro groups is 1. The quantitative estimate of drug-likeness (QED) is 0.262. The first-order valence-corrected chi connectivity index (χ1v) is 10.9. The molecular formula is C26H20N2O6. The zero-order valence-electron chi connectivity index (χ0n) is 18.2. The van der Waals surface area contributed by atoms with Crippen molar-refractivity contribution in [3.8, 4) is 11.5 Å². The Balaban J connectivity index is 1.65. The summed E-state index contributed by atoms with van der Waals surface area (Å²) in [6.45, 7) is 0.376. The molecule has 6 rings (SSSR count). The molecule has 2 aliphatic rings. The number of ether oxygens (including phenoxy) is 2. The second kappa shape index (κ2) is 7.62. The fourth-order valence-corrected chi connectivity index (χ4v) is 5.30. The maximum atomic E-state index is 13.2. The predicted octanol–water partition coefficient (Wildman–Crippen LogP) is 5.02. The van der Waals surface area contributed by atoms with E-state index < -0.39 is 10.5 Å². The van der Waals surface area contributed by atoms with Gasteiger partial charge in [-0.25, -0.2) is 4.79 Å². The van der Waals surface area contributed by atoms with E-state index in [1.54, 1.807) is 7.11 Å². The van der Waals surface area contributed by atoms with E-state index in [9.17, 15) is 14.9 Å². The Morgan fingerprint density at radius 3 is 2.68 bits per heavy atom. The van der Waals surface area contributed by atoms with Crippen molar-refractivity contribution in [1.29, 1.82) is 0 Å². The summed E-state index contributed by atoms with van der Waals surface area (Å²) in [7, 11) is 1.59. The van der Waals surface area contributed by atoms with Gasteiger partial charge in [-0.2, -0.15) is 0 Å². The van der Waals surface area contributed by atoms with Crippen LogP contribution in [0.25, 0.3) is 11.0 Å². The molecule has 3 heterocycles. The van der Waals surface area contributed by atoms with Crippen LogP contribution in [0.15, 0.2) is 75.9 Å². The smallest absolute Gasteiger partial charge is 0.360 e. The molecule has 3 atom stereocenters. The summed E-state index contributed by atoms with van der Waals surface area (Å²) in [5.74, 6) is 0.935. The van der Waals surface area contributed by atoms with Crippen molar-refractivity contribution in [1.82, 2.24) is 0 Å².